The number of carbonyl (C=O) groups is 2. The summed E-state index contributed by atoms with van der Waals surface area (Å²) in [5, 5.41) is 0. The van der Waals surface area contributed by atoms with Crippen molar-refractivity contribution in [3.05, 3.63) is 0 Å². The van der Waals surface area contributed by atoms with E-state index in [4.69, 9.17) is 14.1 Å². The van der Waals surface area contributed by atoms with Crippen molar-refractivity contribution in [2.75, 3.05) is 24.7 Å². The number of unbranched alkanes of at least 4 members (excludes halogenated alkanes) is 22. The van der Waals surface area contributed by atoms with Gasteiger partial charge in [0.15, 0.2) is 0 Å². The van der Waals surface area contributed by atoms with Crippen molar-refractivity contribution in [1.29, 1.82) is 0 Å². The van der Waals surface area contributed by atoms with E-state index in [1.807, 2.05) is 0 Å². The molecule has 252 valence electrons. The summed E-state index contributed by atoms with van der Waals surface area (Å²) in [5.74, 6) is 1.20. The van der Waals surface area contributed by atoms with E-state index in [2.05, 4.69) is 25.7 Å². The zero-order chi connectivity index (χ0) is 30.5. The first-order chi connectivity index (χ1) is 20.2. The molecule has 5 nitrogen and oxygen atoms in total. The largest absolute Gasteiger partial charge is 0.466 e. The van der Waals surface area contributed by atoms with Gasteiger partial charge in [-0.3, -0.25) is 14.2 Å². The van der Waals surface area contributed by atoms with Gasteiger partial charge in [-0.15, -0.1) is 0 Å². The topological polar surface area (TPSA) is 72.8 Å². The minimum Gasteiger partial charge on any atom is -0.466 e. The van der Waals surface area contributed by atoms with Crippen LogP contribution in [-0.4, -0.2) is 100 Å². The number of ether oxygens (including phenoxy) is 2. The van der Waals surface area contributed by atoms with Crippen molar-refractivity contribution in [3.8, 4) is 0 Å². The zero-order valence-corrected chi connectivity index (χ0v) is 37.6. The summed E-state index contributed by atoms with van der Waals surface area (Å²) in [6.45, 7) is 5.63. The Labute approximate surface area is 346 Å². The Morgan fingerprint density at radius 1 is 0.477 bits per heavy atom. The normalized spacial score (nSPS) is 10.0. The monoisotopic (exact) mass is 758 g/mol. The first kappa shape index (κ1) is 55.8. The van der Waals surface area contributed by atoms with E-state index in [-0.39, 0.29) is 97.3 Å². The number of thioether (sulfide) groups is 1. The fourth-order valence-corrected chi connectivity index (χ4v) is 5.64. The molecule has 0 atom stereocenters. The molecule has 0 amide bonds. The van der Waals surface area contributed by atoms with Crippen LogP contribution >= 0.6 is 23.6 Å². The van der Waals surface area contributed by atoms with Gasteiger partial charge in [0.1, 0.15) is 0 Å². The van der Waals surface area contributed by atoms with Gasteiger partial charge in [0.05, 0.1) is 37.9 Å². The third-order valence-corrected chi connectivity index (χ3v) is 8.41. The second-order valence-electron chi connectivity index (χ2n) is 11.3. The number of esters is 2. The number of hydrogen-bond donors (Lipinski definition) is 1. The number of carbonyl (C=O) groups excluding carboxylic acids is 2. The predicted molar refractivity (Wildman–Crippen MR) is 190 cm³/mol. The van der Waals surface area contributed by atoms with Gasteiger partial charge in [-0.1, -0.05) is 155 Å². The van der Waals surface area contributed by atoms with Crippen LogP contribution in [0.2, 0.25) is 0 Å². The molecule has 44 heavy (non-hydrogen) atoms. The van der Waals surface area contributed by atoms with Gasteiger partial charge in [0.25, 0.3) is 0 Å². The van der Waals surface area contributed by atoms with E-state index in [1.54, 1.807) is 11.8 Å². The maximum atomic E-state index is 11.9. The summed E-state index contributed by atoms with van der Waals surface area (Å²) in [6.07, 6.45) is 32.3. The Balaban J connectivity index is -0.000000991. The van der Waals surface area contributed by atoms with Crippen molar-refractivity contribution >= 4 is 94.7 Å². The molecule has 0 saturated heterocycles. The molecule has 0 aromatic rings. The Morgan fingerprint density at radius 3 is 0.955 bits per heavy atom. The van der Waals surface area contributed by atoms with E-state index in [9.17, 15) is 9.59 Å². The first-order valence-corrected chi connectivity index (χ1v) is 18.8. The fraction of sp³-hybridized carbons (Fsp3) is 0.941. The quantitative estimate of drug-likeness (QED) is 0.0418. The van der Waals surface area contributed by atoms with Crippen molar-refractivity contribution in [2.45, 2.75) is 181 Å². The molecule has 2 radical (unpaired) electrons. The van der Waals surface area contributed by atoms with Gasteiger partial charge in [0.2, 0.25) is 0 Å². The van der Waals surface area contributed by atoms with Crippen LogP contribution in [-0.2, 0) is 45.3 Å². The fourth-order valence-electron chi connectivity index (χ4n) is 4.82. The second-order valence-corrected chi connectivity index (χ2v) is 12.6. The van der Waals surface area contributed by atoms with Crippen molar-refractivity contribution in [2.24, 2.45) is 0 Å². The minimum atomic E-state index is -0.111. The molecule has 0 aliphatic carbocycles. The average molecular weight is 761 g/mol. The van der Waals surface area contributed by atoms with Crippen LogP contribution in [0.15, 0.2) is 0 Å². The van der Waals surface area contributed by atoms with Crippen molar-refractivity contribution in [1.82, 2.24) is 0 Å². The minimum absolute atomic E-state index is 0. The molecule has 0 heterocycles. The smallest absolute Gasteiger partial charge is 0.306 e. The zero-order valence-electron chi connectivity index (χ0n) is 29.6. The Hall–Kier alpha value is 2.42. The van der Waals surface area contributed by atoms with E-state index in [1.165, 1.54) is 128 Å². The Bertz CT molecular complexity index is 496. The predicted octanol–water partition coefficient (Wildman–Crippen LogP) is 10.4. The maximum Gasteiger partial charge on any atom is 0.306 e. The van der Waals surface area contributed by atoms with Gasteiger partial charge in [-0.25, -0.2) is 0 Å². The van der Waals surface area contributed by atoms with Crippen LogP contribution in [0.1, 0.15) is 181 Å². The molecule has 0 saturated carbocycles. The second kappa shape index (κ2) is 52.2. The molecule has 0 bridgehead atoms. The number of hydrogen-bond acceptors (Lipinski definition) is 6. The van der Waals surface area contributed by atoms with Gasteiger partial charge in [-0.2, -0.15) is 11.8 Å². The Kier molecular flexibility index (Phi) is 66.3. The molecule has 0 fully saturated rings. The maximum absolute atomic E-state index is 11.9. The summed E-state index contributed by atoms with van der Waals surface area (Å²) in [6, 6.07) is 0. The van der Waals surface area contributed by atoms with E-state index >= 15 is 0 Å². The summed E-state index contributed by atoms with van der Waals surface area (Å²) in [7, 11) is 0. The van der Waals surface area contributed by atoms with Gasteiger partial charge in [0, 0.05) is 96.8 Å². The third-order valence-electron chi connectivity index (χ3n) is 7.42. The summed E-state index contributed by atoms with van der Waals surface area (Å²) < 4.78 is 17.2. The molecule has 0 rings (SSSR count). The van der Waals surface area contributed by atoms with Gasteiger partial charge in [-0.05, 0) is 12.8 Å². The van der Waals surface area contributed by atoms with Crippen molar-refractivity contribution < 1.29 is 49.9 Å². The molecule has 0 aliphatic heterocycles. The van der Waals surface area contributed by atoms with Crippen LogP contribution in [0.3, 0.4) is 0 Å². The summed E-state index contributed by atoms with van der Waals surface area (Å²) in [4.78, 5) is 23.7. The molecular weight excluding hydrogens is 693 g/mol. The SMILES string of the molecule is CCCCCCCCCCCCCCOC(=O)CCSCCC(=O)OCCCCCCCCCCCCCC.OCl.[Na].[Na].[Zr]. The van der Waals surface area contributed by atoms with Crippen molar-refractivity contribution in [3.63, 3.8) is 0 Å². The number of halogens is 1. The summed E-state index contributed by atoms with van der Waals surface area (Å²) >= 11 is 5.27. The Morgan fingerprint density at radius 2 is 0.705 bits per heavy atom. The van der Waals surface area contributed by atoms with Crippen LogP contribution < -0.4 is 0 Å². The van der Waals surface area contributed by atoms with Crippen LogP contribution in [0, 0.1) is 0 Å². The van der Waals surface area contributed by atoms with Crippen LogP contribution in [0.4, 0.5) is 0 Å². The molecular formula is C34H67ClNa2O5SZr. The molecule has 0 aromatic carbocycles. The van der Waals surface area contributed by atoms with E-state index in [0.717, 1.165) is 25.7 Å². The number of rotatable bonds is 32. The standard InChI is InChI=1S/C34H66O4S.ClHO.2Na.Zr/c1-3-5-7-9-11-13-15-17-19-21-23-25-29-37-33(35)27-31-39-32-28-34(36)38-30-26-24-22-20-18-16-14-12-10-8-6-4-2;1-2;;;/h3-32H2,1-2H3;2H;;;. The molecule has 0 aliphatic rings. The van der Waals surface area contributed by atoms with Gasteiger partial charge >= 0.3 is 11.9 Å². The molecule has 0 unspecified atom stereocenters. The van der Waals surface area contributed by atoms with E-state index < -0.39 is 0 Å². The third kappa shape index (κ3) is 51.3. The van der Waals surface area contributed by atoms with E-state index in [0.29, 0.717) is 37.6 Å². The first-order valence-electron chi connectivity index (χ1n) is 17.3. The molecule has 10 heteroatoms. The molecule has 0 aromatic heterocycles. The van der Waals surface area contributed by atoms with Crippen LogP contribution in [0.5, 0.6) is 0 Å². The van der Waals surface area contributed by atoms with Gasteiger partial charge < -0.3 is 9.47 Å². The van der Waals surface area contributed by atoms with Crippen LogP contribution in [0.25, 0.3) is 0 Å². The summed E-state index contributed by atoms with van der Waals surface area (Å²) in [5.41, 5.74) is 0. The average Bonchev–Trinajstić information content (AvgIpc) is 2.98. The molecule has 0 spiro atoms. The molecule has 1 N–H and O–H groups in total.